The summed E-state index contributed by atoms with van der Waals surface area (Å²) in [6.07, 6.45) is 0. The van der Waals surface area contributed by atoms with E-state index in [4.69, 9.17) is 0 Å². The first-order valence-electron chi connectivity index (χ1n) is 10.9. The average molecular weight is 479 g/mol. The maximum absolute atomic E-state index is 14.6. The fraction of sp³-hybridized carbons (Fsp3) is 0.480. The molecule has 0 radical (unpaired) electrons. The Labute approximate surface area is 198 Å². The van der Waals surface area contributed by atoms with Crippen molar-refractivity contribution < 1.29 is 24.0 Å². The molecule has 0 heterocycles. The summed E-state index contributed by atoms with van der Waals surface area (Å²) >= 11 is -2.00. The Morgan fingerprint density at radius 2 is 1.48 bits per heavy atom. The Hall–Kier alpha value is -2.13. The van der Waals surface area contributed by atoms with Gasteiger partial charge in [0.25, 0.3) is 0 Å². The predicted octanol–water partition coefficient (Wildman–Crippen LogP) is 5.37. The highest BCUT2D eigenvalue weighted by Crippen LogP contribution is 2.35. The Bertz CT molecular complexity index is 978. The summed E-state index contributed by atoms with van der Waals surface area (Å²) in [5, 5.41) is 23.6. The number of benzene rings is 2. The molecule has 0 saturated carbocycles. The number of hydrogen-bond donors (Lipinski definition) is 4. The van der Waals surface area contributed by atoms with E-state index >= 15 is 0 Å². The van der Waals surface area contributed by atoms with E-state index in [1.54, 1.807) is 39.8 Å². The van der Waals surface area contributed by atoms with Gasteiger partial charge in [0.1, 0.15) is 17.2 Å². The molecule has 0 aliphatic heterocycles. The first kappa shape index (κ1) is 27.1. The van der Waals surface area contributed by atoms with Crippen molar-refractivity contribution in [2.45, 2.75) is 83.3 Å². The van der Waals surface area contributed by atoms with Crippen molar-refractivity contribution >= 4 is 23.1 Å². The van der Waals surface area contributed by atoms with Crippen LogP contribution in [0.3, 0.4) is 0 Å². The van der Waals surface area contributed by atoms with Gasteiger partial charge in [-0.3, -0.25) is 0 Å². The van der Waals surface area contributed by atoms with E-state index in [0.717, 1.165) is 5.56 Å². The number of halogens is 1. The second kappa shape index (κ2) is 10.0. The highest BCUT2D eigenvalue weighted by Gasteiger charge is 2.28. The number of anilines is 1. The van der Waals surface area contributed by atoms with Gasteiger partial charge in [-0.25, -0.2) is 9.18 Å². The van der Waals surface area contributed by atoms with Gasteiger partial charge in [0, 0.05) is 17.7 Å². The fourth-order valence-corrected chi connectivity index (χ4v) is 4.30. The zero-order valence-corrected chi connectivity index (χ0v) is 21.4. The predicted molar refractivity (Wildman–Crippen MR) is 130 cm³/mol. The SMILES string of the molecule is CC(C)c1ccc(F)c(C(C)C)c1NC(=O)N[S+]([O-])c1cc(C(C)(C)O)cc(C(C)(C)O)c1. The smallest absolute Gasteiger partial charge is 0.361 e. The van der Waals surface area contributed by atoms with E-state index in [1.165, 1.54) is 18.2 Å². The summed E-state index contributed by atoms with van der Waals surface area (Å²) in [5.41, 5.74) is -0.0733. The van der Waals surface area contributed by atoms with E-state index in [9.17, 15) is 24.0 Å². The van der Waals surface area contributed by atoms with Gasteiger partial charge in [-0.05, 0) is 68.4 Å². The van der Waals surface area contributed by atoms with Gasteiger partial charge in [-0.1, -0.05) is 33.8 Å². The lowest BCUT2D eigenvalue weighted by Gasteiger charge is -2.25. The molecule has 0 saturated heterocycles. The van der Waals surface area contributed by atoms with E-state index in [2.05, 4.69) is 10.0 Å². The molecule has 0 aliphatic carbocycles. The number of carbonyl (C=O) groups is 1. The first-order chi connectivity index (χ1) is 15.0. The Morgan fingerprint density at radius 1 is 0.970 bits per heavy atom. The zero-order valence-electron chi connectivity index (χ0n) is 20.5. The van der Waals surface area contributed by atoms with Gasteiger partial charge in [0.05, 0.1) is 16.9 Å². The number of amides is 2. The van der Waals surface area contributed by atoms with Crippen molar-refractivity contribution in [1.29, 1.82) is 0 Å². The molecule has 33 heavy (non-hydrogen) atoms. The number of carbonyl (C=O) groups excluding carboxylic acids is 1. The molecule has 1 unspecified atom stereocenters. The van der Waals surface area contributed by atoms with Crippen molar-refractivity contribution in [1.82, 2.24) is 4.72 Å². The van der Waals surface area contributed by atoms with Crippen molar-refractivity contribution in [2.75, 3.05) is 5.32 Å². The summed E-state index contributed by atoms with van der Waals surface area (Å²) in [7, 11) is 0. The quantitative estimate of drug-likeness (QED) is 0.402. The van der Waals surface area contributed by atoms with Crippen LogP contribution in [0.15, 0.2) is 35.2 Å². The maximum Gasteiger partial charge on any atom is 0.361 e. The minimum Gasteiger partial charge on any atom is -0.588 e. The minimum absolute atomic E-state index is 0.0294. The Morgan fingerprint density at radius 3 is 1.91 bits per heavy atom. The molecule has 4 N–H and O–H groups in total. The largest absolute Gasteiger partial charge is 0.588 e. The Kier molecular flexibility index (Phi) is 8.23. The van der Waals surface area contributed by atoms with Gasteiger partial charge in [-0.2, -0.15) is 0 Å². The molecular formula is C25H35FN2O4S. The highest BCUT2D eigenvalue weighted by molar-refractivity contribution is 7.90. The summed E-state index contributed by atoms with van der Waals surface area (Å²) in [4.78, 5) is 13.0. The fourth-order valence-electron chi connectivity index (χ4n) is 3.49. The standard InChI is InChI=1S/C25H35FN2O4S/c1-14(2)19-9-10-20(26)21(15(3)4)22(19)27-23(29)28-33(32)18-12-16(24(5,6)30)11-17(13-18)25(7,8)31/h9-15,30-31H,1-8H3,(H2,27,28,29). The third-order valence-corrected chi connectivity index (χ3v) is 6.42. The molecular weight excluding hydrogens is 443 g/mol. The van der Waals surface area contributed by atoms with Crippen LogP contribution < -0.4 is 10.0 Å². The van der Waals surface area contributed by atoms with Crippen LogP contribution in [-0.4, -0.2) is 20.8 Å². The van der Waals surface area contributed by atoms with Crippen LogP contribution in [0.5, 0.6) is 0 Å². The summed E-state index contributed by atoms with van der Waals surface area (Å²) < 4.78 is 30.0. The van der Waals surface area contributed by atoms with Crippen molar-refractivity contribution in [2.24, 2.45) is 0 Å². The molecule has 2 aromatic rings. The summed E-state index contributed by atoms with van der Waals surface area (Å²) in [6.45, 7) is 13.9. The number of aliphatic hydroxyl groups is 2. The molecule has 6 nitrogen and oxygen atoms in total. The number of hydrogen-bond acceptors (Lipinski definition) is 4. The van der Waals surface area contributed by atoms with Crippen LogP contribution >= 0.6 is 0 Å². The number of nitrogens with one attached hydrogen (secondary N) is 2. The normalized spacial score (nSPS) is 13.4. The minimum atomic E-state index is -2.00. The molecule has 2 aromatic carbocycles. The van der Waals surface area contributed by atoms with Crippen molar-refractivity contribution in [3.8, 4) is 0 Å². The van der Waals surface area contributed by atoms with Crippen LogP contribution in [0.25, 0.3) is 0 Å². The molecule has 0 aromatic heterocycles. The summed E-state index contributed by atoms with van der Waals surface area (Å²) in [5.74, 6) is -0.567. The third-order valence-electron chi connectivity index (χ3n) is 5.38. The molecule has 2 amide bonds. The third kappa shape index (κ3) is 6.69. The topological polar surface area (TPSA) is 105 Å². The monoisotopic (exact) mass is 478 g/mol. The second-order valence-electron chi connectivity index (χ2n) is 9.92. The molecule has 0 spiro atoms. The van der Waals surface area contributed by atoms with E-state index in [1.807, 2.05) is 27.7 Å². The molecule has 1 atom stereocenters. The van der Waals surface area contributed by atoms with Gasteiger partial charge in [0.15, 0.2) is 4.90 Å². The highest BCUT2D eigenvalue weighted by atomic mass is 32.2. The van der Waals surface area contributed by atoms with Gasteiger partial charge in [0.2, 0.25) is 0 Å². The van der Waals surface area contributed by atoms with Gasteiger partial charge >= 0.3 is 6.03 Å². The van der Waals surface area contributed by atoms with Crippen molar-refractivity contribution in [3.05, 3.63) is 58.4 Å². The molecule has 0 bridgehead atoms. The molecule has 8 heteroatoms. The lowest BCUT2D eigenvalue weighted by molar-refractivity contribution is 0.0713. The molecule has 0 fully saturated rings. The van der Waals surface area contributed by atoms with Gasteiger partial charge in [-0.15, -0.1) is 4.72 Å². The van der Waals surface area contributed by atoms with E-state index in [0.29, 0.717) is 22.4 Å². The van der Waals surface area contributed by atoms with Crippen LogP contribution in [0.4, 0.5) is 14.9 Å². The number of urea groups is 1. The van der Waals surface area contributed by atoms with Crippen molar-refractivity contribution in [3.63, 3.8) is 0 Å². The lowest BCUT2D eigenvalue weighted by atomic mass is 9.91. The van der Waals surface area contributed by atoms with Crippen LogP contribution in [0.1, 0.15) is 89.5 Å². The van der Waals surface area contributed by atoms with E-state index in [-0.39, 0.29) is 16.7 Å². The first-order valence-corrected chi connectivity index (χ1v) is 12.1. The van der Waals surface area contributed by atoms with Crippen LogP contribution in [0, 0.1) is 5.82 Å². The van der Waals surface area contributed by atoms with E-state index < -0.39 is 34.4 Å². The molecule has 0 aliphatic rings. The maximum atomic E-state index is 14.6. The van der Waals surface area contributed by atoms with Crippen LogP contribution in [0.2, 0.25) is 0 Å². The second-order valence-corrected chi connectivity index (χ2v) is 11.1. The number of rotatable bonds is 7. The Balaban J connectivity index is 2.39. The van der Waals surface area contributed by atoms with Crippen LogP contribution in [-0.2, 0) is 22.6 Å². The molecule has 182 valence electrons. The lowest BCUT2D eigenvalue weighted by Crippen LogP contribution is -2.35. The van der Waals surface area contributed by atoms with Gasteiger partial charge < -0.3 is 20.1 Å². The molecule has 2 rings (SSSR count). The average Bonchev–Trinajstić information content (AvgIpc) is 2.65. The summed E-state index contributed by atoms with van der Waals surface area (Å²) in [6, 6.07) is 6.96. The zero-order chi connectivity index (χ0) is 25.3.